The third kappa shape index (κ3) is 23.6. The van der Waals surface area contributed by atoms with Crippen LogP contribution >= 0.6 is 11.6 Å². The lowest BCUT2D eigenvalue weighted by Gasteiger charge is -2.08. The van der Waals surface area contributed by atoms with Crippen LogP contribution in [-0.4, -0.2) is 98.0 Å². The van der Waals surface area contributed by atoms with E-state index in [9.17, 15) is 4.79 Å². The van der Waals surface area contributed by atoms with Gasteiger partial charge in [0.2, 0.25) is 5.91 Å². The molecule has 28 heavy (non-hydrogen) atoms. The Morgan fingerprint density at radius 3 is 1.86 bits per heavy atom. The van der Waals surface area contributed by atoms with E-state index in [0.717, 1.165) is 44.7 Å². The van der Waals surface area contributed by atoms with E-state index in [1.807, 2.05) is 7.05 Å². The van der Waals surface area contributed by atoms with Gasteiger partial charge in [0.1, 0.15) is 6.61 Å². The zero-order valence-electron chi connectivity index (χ0n) is 17.3. The van der Waals surface area contributed by atoms with Gasteiger partial charge in [0.25, 0.3) is 0 Å². The van der Waals surface area contributed by atoms with Crippen molar-refractivity contribution in [1.29, 1.82) is 0 Å². The molecule has 0 rings (SSSR count). The normalized spacial score (nSPS) is 11.1. The predicted octanol–water partition coefficient (Wildman–Crippen LogP) is 1.20. The van der Waals surface area contributed by atoms with Crippen molar-refractivity contribution in [2.45, 2.75) is 25.7 Å². The van der Waals surface area contributed by atoms with E-state index in [2.05, 4.69) is 10.6 Å². The maximum Gasteiger partial charge on any atom is 0.246 e. The average molecular weight is 427 g/mol. The van der Waals surface area contributed by atoms with Crippen molar-refractivity contribution in [3.8, 4) is 0 Å². The number of amides is 1. The highest BCUT2D eigenvalue weighted by atomic mass is 35.5. The van der Waals surface area contributed by atoms with E-state index < -0.39 is 0 Å². The maximum atomic E-state index is 11.6. The lowest BCUT2D eigenvalue weighted by Crippen LogP contribution is -2.31. The number of halogens is 1. The molecule has 0 aromatic carbocycles. The molecule has 0 atom stereocenters. The molecule has 0 unspecified atom stereocenters. The molecule has 0 spiro atoms. The third-order valence-electron chi connectivity index (χ3n) is 3.59. The summed E-state index contributed by atoms with van der Waals surface area (Å²) in [6.07, 6.45) is 4.44. The molecular weight excluding hydrogens is 388 g/mol. The van der Waals surface area contributed by atoms with Crippen molar-refractivity contribution in [2.24, 2.45) is 0 Å². The summed E-state index contributed by atoms with van der Waals surface area (Å²) in [6.45, 7) is 6.20. The quantitative estimate of drug-likeness (QED) is 0.187. The number of hydrogen-bond acceptors (Lipinski definition) is 7. The van der Waals surface area contributed by atoms with Crippen LogP contribution in [0.15, 0.2) is 0 Å². The lowest BCUT2D eigenvalue weighted by atomic mass is 10.2. The maximum absolute atomic E-state index is 11.6. The van der Waals surface area contributed by atoms with Crippen LogP contribution in [0.4, 0.5) is 0 Å². The molecular formula is C19H39ClN2O6. The van der Waals surface area contributed by atoms with E-state index in [1.54, 1.807) is 0 Å². The van der Waals surface area contributed by atoms with E-state index in [4.69, 9.17) is 35.3 Å². The molecule has 0 heterocycles. The molecule has 1 amide bonds. The molecule has 0 aliphatic rings. The summed E-state index contributed by atoms with van der Waals surface area (Å²) in [5, 5.41) is 5.73. The molecule has 0 saturated carbocycles. The Kier molecular flexibility index (Phi) is 24.1. The van der Waals surface area contributed by atoms with Crippen molar-refractivity contribution in [3.05, 3.63) is 0 Å². The van der Waals surface area contributed by atoms with Gasteiger partial charge in [-0.25, -0.2) is 0 Å². The fourth-order valence-electron chi connectivity index (χ4n) is 2.07. The first-order valence-corrected chi connectivity index (χ1v) is 10.7. The van der Waals surface area contributed by atoms with Gasteiger partial charge >= 0.3 is 0 Å². The minimum Gasteiger partial charge on any atom is -0.379 e. The molecule has 8 nitrogen and oxygen atoms in total. The Morgan fingerprint density at radius 2 is 1.21 bits per heavy atom. The number of alkyl halides is 1. The molecule has 0 aliphatic carbocycles. The topological polar surface area (TPSA) is 87.3 Å². The van der Waals surface area contributed by atoms with Gasteiger partial charge in [-0.3, -0.25) is 4.79 Å². The Labute approximate surface area is 174 Å². The second-order valence-corrected chi connectivity index (χ2v) is 6.44. The molecule has 9 heteroatoms. The highest BCUT2D eigenvalue weighted by Crippen LogP contribution is 2.00. The van der Waals surface area contributed by atoms with Gasteiger partial charge in [-0.05, 0) is 19.9 Å². The van der Waals surface area contributed by atoms with Gasteiger partial charge in [-0.1, -0.05) is 12.8 Å². The average Bonchev–Trinajstić information content (AvgIpc) is 2.70. The van der Waals surface area contributed by atoms with Crippen molar-refractivity contribution in [2.75, 3.05) is 92.1 Å². The number of ether oxygens (including phenoxy) is 5. The summed E-state index contributed by atoms with van der Waals surface area (Å²) in [6, 6.07) is 0. The summed E-state index contributed by atoms with van der Waals surface area (Å²) in [5.41, 5.74) is 0. The number of hydrogen-bond donors (Lipinski definition) is 2. The Morgan fingerprint density at radius 1 is 0.679 bits per heavy atom. The van der Waals surface area contributed by atoms with Crippen LogP contribution in [-0.2, 0) is 28.5 Å². The highest BCUT2D eigenvalue weighted by molar-refractivity contribution is 6.17. The van der Waals surface area contributed by atoms with E-state index in [-0.39, 0.29) is 12.5 Å². The van der Waals surface area contributed by atoms with Crippen LogP contribution in [0.1, 0.15) is 25.7 Å². The summed E-state index contributed by atoms with van der Waals surface area (Å²) in [4.78, 5) is 11.6. The van der Waals surface area contributed by atoms with Gasteiger partial charge in [0.15, 0.2) is 0 Å². The number of unbranched alkanes of at least 4 members (excludes halogenated alkanes) is 3. The van der Waals surface area contributed by atoms with Crippen LogP contribution < -0.4 is 10.6 Å². The Bertz CT molecular complexity index is 327. The van der Waals surface area contributed by atoms with Gasteiger partial charge < -0.3 is 34.3 Å². The fraction of sp³-hybridized carbons (Fsp3) is 0.947. The number of likely N-dealkylation sites (N-methyl/N-ethyl adjacent to an activating group) is 1. The molecule has 0 bridgehead atoms. The lowest BCUT2D eigenvalue weighted by molar-refractivity contribution is -0.126. The minimum atomic E-state index is -0.160. The number of rotatable bonds is 23. The zero-order valence-corrected chi connectivity index (χ0v) is 18.1. The summed E-state index contributed by atoms with van der Waals surface area (Å²) in [7, 11) is 1.88. The summed E-state index contributed by atoms with van der Waals surface area (Å²) >= 11 is 5.62. The van der Waals surface area contributed by atoms with Crippen LogP contribution in [0.5, 0.6) is 0 Å². The molecule has 0 radical (unpaired) electrons. The first-order chi connectivity index (χ1) is 13.8. The third-order valence-corrected chi connectivity index (χ3v) is 3.85. The van der Waals surface area contributed by atoms with Gasteiger partial charge in [-0.15, -0.1) is 11.6 Å². The smallest absolute Gasteiger partial charge is 0.246 e. The van der Waals surface area contributed by atoms with Crippen LogP contribution in [0.25, 0.3) is 0 Å². The fourth-order valence-corrected chi connectivity index (χ4v) is 2.26. The number of nitrogens with one attached hydrogen (secondary N) is 2. The summed E-state index contributed by atoms with van der Waals surface area (Å²) in [5.74, 6) is 0.575. The SMILES string of the molecule is CNCCOCCOCCOCC(=O)NCCOCCOCCCCCCCl. The van der Waals surface area contributed by atoms with Crippen LogP contribution in [0, 0.1) is 0 Å². The zero-order chi connectivity index (χ0) is 20.5. The van der Waals surface area contributed by atoms with E-state index >= 15 is 0 Å². The minimum absolute atomic E-state index is 0.0227. The van der Waals surface area contributed by atoms with Gasteiger partial charge in [0.05, 0.1) is 52.9 Å². The predicted molar refractivity (Wildman–Crippen MR) is 110 cm³/mol. The Balaban J connectivity index is 3.13. The number of carbonyl (C=O) groups excluding carboxylic acids is 1. The summed E-state index contributed by atoms with van der Waals surface area (Å²) < 4.78 is 26.8. The molecule has 168 valence electrons. The molecule has 0 fully saturated rings. The monoisotopic (exact) mass is 426 g/mol. The molecule has 0 aliphatic heterocycles. The van der Waals surface area contributed by atoms with Crippen molar-refractivity contribution >= 4 is 17.5 Å². The van der Waals surface area contributed by atoms with Crippen molar-refractivity contribution < 1.29 is 28.5 Å². The largest absolute Gasteiger partial charge is 0.379 e. The second-order valence-electron chi connectivity index (χ2n) is 6.06. The van der Waals surface area contributed by atoms with Crippen molar-refractivity contribution in [1.82, 2.24) is 10.6 Å². The molecule has 2 N–H and O–H groups in total. The van der Waals surface area contributed by atoms with Crippen LogP contribution in [0.3, 0.4) is 0 Å². The Hall–Kier alpha value is -0.480. The van der Waals surface area contributed by atoms with Gasteiger partial charge in [-0.2, -0.15) is 0 Å². The van der Waals surface area contributed by atoms with Crippen molar-refractivity contribution in [3.63, 3.8) is 0 Å². The van der Waals surface area contributed by atoms with E-state index in [1.165, 1.54) is 0 Å². The standard InChI is InChI=1S/C19H39ClN2O6/c1-21-7-10-25-14-15-27-16-17-28-18-19(23)22-8-11-26-13-12-24-9-5-3-2-4-6-20/h21H,2-18H2,1H3,(H,22,23). The van der Waals surface area contributed by atoms with E-state index in [0.29, 0.717) is 59.4 Å². The molecule has 0 aromatic rings. The second kappa shape index (κ2) is 24.6. The molecule has 0 aromatic heterocycles. The van der Waals surface area contributed by atoms with Crippen LogP contribution in [0.2, 0.25) is 0 Å². The first-order valence-electron chi connectivity index (χ1n) is 10.2. The first kappa shape index (κ1) is 27.5. The number of carbonyl (C=O) groups is 1. The highest BCUT2D eigenvalue weighted by Gasteiger charge is 2.00. The molecule has 0 saturated heterocycles. The van der Waals surface area contributed by atoms with Gasteiger partial charge in [0, 0.05) is 25.6 Å².